The highest BCUT2D eigenvalue weighted by Gasteiger charge is 2.41. The van der Waals surface area contributed by atoms with E-state index >= 15 is 0 Å². The van der Waals surface area contributed by atoms with Gasteiger partial charge in [-0.25, -0.2) is 4.79 Å². The van der Waals surface area contributed by atoms with Crippen LogP contribution in [0.15, 0.2) is 15.8 Å². The number of halogens is 1. The monoisotopic (exact) mass is 352 g/mol. The van der Waals surface area contributed by atoms with Gasteiger partial charge in [0.1, 0.15) is 0 Å². The summed E-state index contributed by atoms with van der Waals surface area (Å²) in [5.41, 5.74) is -0.860. The predicted octanol–water partition coefficient (Wildman–Crippen LogP) is -0.697. The molecule has 1 heterocycles. The molecule has 1 fully saturated rings. The van der Waals surface area contributed by atoms with Gasteiger partial charge in [0, 0.05) is 31.4 Å². The maximum atomic E-state index is 11.6. The fraction of sp³-hybridized carbons (Fsp3) is 0.600. The standard InChI is InChI=1S/C10H13IN2O4/c11-7-2-13(10(17)12-9(7)16)8-1-5(3-14)6(8)4-15/h2,5-6,8,14-15H,1,3-4H2,(H,12,16,17)/t5-,6-,8-/m0/s1. The molecule has 0 aliphatic heterocycles. The van der Waals surface area contributed by atoms with E-state index < -0.39 is 11.2 Å². The summed E-state index contributed by atoms with van der Waals surface area (Å²) in [4.78, 5) is 25.1. The van der Waals surface area contributed by atoms with Gasteiger partial charge in [0.15, 0.2) is 0 Å². The van der Waals surface area contributed by atoms with Crippen molar-refractivity contribution in [3.63, 3.8) is 0 Å². The number of aliphatic hydroxyl groups excluding tert-OH is 2. The molecular weight excluding hydrogens is 339 g/mol. The van der Waals surface area contributed by atoms with Crippen molar-refractivity contribution in [2.75, 3.05) is 13.2 Å². The van der Waals surface area contributed by atoms with Crippen molar-refractivity contribution in [1.82, 2.24) is 9.55 Å². The average Bonchev–Trinajstić information content (AvgIpc) is 2.25. The molecule has 1 saturated carbocycles. The molecule has 0 amide bonds. The second-order valence-corrected chi connectivity index (χ2v) is 5.40. The van der Waals surface area contributed by atoms with E-state index in [1.807, 2.05) is 22.6 Å². The first-order valence-electron chi connectivity index (χ1n) is 5.31. The lowest BCUT2D eigenvalue weighted by Gasteiger charge is -2.43. The van der Waals surface area contributed by atoms with Crippen LogP contribution in [0.1, 0.15) is 12.5 Å². The van der Waals surface area contributed by atoms with Gasteiger partial charge in [0.05, 0.1) is 3.57 Å². The normalized spacial score (nSPS) is 27.8. The van der Waals surface area contributed by atoms with Crippen molar-refractivity contribution in [2.24, 2.45) is 11.8 Å². The quantitative estimate of drug-likeness (QED) is 0.628. The molecule has 1 aliphatic carbocycles. The second-order valence-electron chi connectivity index (χ2n) is 4.24. The molecule has 0 spiro atoms. The first-order valence-corrected chi connectivity index (χ1v) is 6.39. The van der Waals surface area contributed by atoms with Crippen LogP contribution in [0.2, 0.25) is 0 Å². The number of aromatic nitrogens is 2. The summed E-state index contributed by atoms with van der Waals surface area (Å²) in [5.74, 6) is -0.0964. The SMILES string of the molecule is O=c1[nH]c(=O)n([C@H]2C[C@@H](CO)[C@@H]2CO)cc1I. The van der Waals surface area contributed by atoms with Gasteiger partial charge in [0.2, 0.25) is 0 Å². The van der Waals surface area contributed by atoms with Gasteiger partial charge in [-0.2, -0.15) is 0 Å². The summed E-state index contributed by atoms with van der Waals surface area (Å²) in [7, 11) is 0. The van der Waals surface area contributed by atoms with Crippen molar-refractivity contribution in [3.05, 3.63) is 30.6 Å². The van der Waals surface area contributed by atoms with Gasteiger partial charge in [-0.1, -0.05) is 0 Å². The van der Waals surface area contributed by atoms with E-state index in [0.29, 0.717) is 9.99 Å². The molecule has 1 aromatic heterocycles. The molecule has 1 aromatic rings. The van der Waals surface area contributed by atoms with E-state index in [2.05, 4.69) is 4.98 Å². The Balaban J connectivity index is 2.33. The van der Waals surface area contributed by atoms with Crippen LogP contribution in [-0.4, -0.2) is 33.0 Å². The maximum Gasteiger partial charge on any atom is 0.328 e. The summed E-state index contributed by atoms with van der Waals surface area (Å²) < 4.78 is 1.88. The van der Waals surface area contributed by atoms with Gasteiger partial charge >= 0.3 is 5.69 Å². The zero-order valence-electron chi connectivity index (χ0n) is 8.97. The fourth-order valence-electron chi connectivity index (χ4n) is 2.29. The number of rotatable bonds is 3. The average molecular weight is 352 g/mol. The largest absolute Gasteiger partial charge is 0.396 e. The minimum Gasteiger partial charge on any atom is -0.396 e. The van der Waals surface area contributed by atoms with E-state index in [-0.39, 0.29) is 31.1 Å². The third kappa shape index (κ3) is 2.18. The minimum atomic E-state index is -0.463. The third-order valence-electron chi connectivity index (χ3n) is 3.37. The van der Waals surface area contributed by atoms with Crippen LogP contribution in [0, 0.1) is 15.4 Å². The number of H-pyrrole nitrogens is 1. The van der Waals surface area contributed by atoms with Crippen molar-refractivity contribution in [1.29, 1.82) is 0 Å². The smallest absolute Gasteiger partial charge is 0.328 e. The summed E-state index contributed by atoms with van der Waals surface area (Å²) in [6.45, 7) is -0.0606. The van der Waals surface area contributed by atoms with Crippen molar-refractivity contribution in [2.45, 2.75) is 12.5 Å². The Bertz CT molecular complexity index is 524. The third-order valence-corrected chi connectivity index (χ3v) is 4.14. The van der Waals surface area contributed by atoms with Crippen molar-refractivity contribution in [3.8, 4) is 0 Å². The van der Waals surface area contributed by atoms with E-state index in [0.717, 1.165) is 0 Å². The fourth-order valence-corrected chi connectivity index (χ4v) is 2.72. The highest BCUT2D eigenvalue weighted by Crippen LogP contribution is 2.42. The molecule has 7 heteroatoms. The van der Waals surface area contributed by atoms with Crippen LogP contribution in [0.3, 0.4) is 0 Å². The Labute approximate surface area is 110 Å². The maximum absolute atomic E-state index is 11.6. The number of nitrogens with zero attached hydrogens (tertiary/aromatic N) is 1. The first-order chi connectivity index (χ1) is 8.08. The lowest BCUT2D eigenvalue weighted by atomic mass is 9.70. The summed E-state index contributed by atoms with van der Waals surface area (Å²) in [6.07, 6.45) is 2.15. The Morgan fingerprint density at radius 1 is 1.41 bits per heavy atom. The van der Waals surface area contributed by atoms with E-state index in [1.165, 1.54) is 10.8 Å². The lowest BCUT2D eigenvalue weighted by molar-refractivity contribution is -0.00883. The molecule has 17 heavy (non-hydrogen) atoms. The Hall–Kier alpha value is -0.670. The van der Waals surface area contributed by atoms with Crippen LogP contribution in [-0.2, 0) is 0 Å². The molecular formula is C10H13IN2O4. The number of hydrogen-bond donors (Lipinski definition) is 3. The van der Waals surface area contributed by atoms with Crippen molar-refractivity contribution < 1.29 is 10.2 Å². The number of nitrogens with one attached hydrogen (secondary N) is 1. The summed E-state index contributed by atoms with van der Waals surface area (Å²) >= 11 is 1.86. The molecule has 3 N–H and O–H groups in total. The zero-order chi connectivity index (χ0) is 12.6. The molecule has 0 radical (unpaired) electrons. The van der Waals surface area contributed by atoms with Gasteiger partial charge in [0.25, 0.3) is 5.56 Å². The first kappa shape index (κ1) is 12.8. The number of aliphatic hydroxyl groups is 2. The predicted molar refractivity (Wildman–Crippen MR) is 68.8 cm³/mol. The lowest BCUT2D eigenvalue weighted by Crippen LogP contribution is -2.47. The van der Waals surface area contributed by atoms with Crippen molar-refractivity contribution >= 4 is 22.6 Å². The van der Waals surface area contributed by atoms with E-state index in [9.17, 15) is 14.7 Å². The Morgan fingerprint density at radius 3 is 2.71 bits per heavy atom. The van der Waals surface area contributed by atoms with Gasteiger partial charge in [-0.15, -0.1) is 0 Å². The Kier molecular flexibility index (Phi) is 3.69. The van der Waals surface area contributed by atoms with E-state index in [1.54, 1.807) is 0 Å². The zero-order valence-corrected chi connectivity index (χ0v) is 11.1. The van der Waals surface area contributed by atoms with Crippen LogP contribution in [0.5, 0.6) is 0 Å². The van der Waals surface area contributed by atoms with Crippen LogP contribution < -0.4 is 11.2 Å². The van der Waals surface area contributed by atoms with Crippen LogP contribution in [0.4, 0.5) is 0 Å². The molecule has 0 unspecified atom stereocenters. The van der Waals surface area contributed by atoms with Gasteiger partial charge < -0.3 is 10.2 Å². The summed E-state index contributed by atoms with van der Waals surface area (Å²) in [6, 6.07) is -0.144. The highest BCUT2D eigenvalue weighted by molar-refractivity contribution is 14.1. The van der Waals surface area contributed by atoms with Gasteiger partial charge in [-0.3, -0.25) is 14.3 Å². The molecule has 1 aliphatic rings. The van der Waals surface area contributed by atoms with Gasteiger partial charge in [-0.05, 0) is 34.9 Å². The number of aromatic amines is 1. The second kappa shape index (κ2) is 4.91. The molecule has 6 nitrogen and oxygen atoms in total. The van der Waals surface area contributed by atoms with Crippen LogP contribution in [0.25, 0.3) is 0 Å². The molecule has 94 valence electrons. The van der Waals surface area contributed by atoms with E-state index in [4.69, 9.17) is 5.11 Å². The highest BCUT2D eigenvalue weighted by atomic mass is 127. The number of hydrogen-bond acceptors (Lipinski definition) is 4. The molecule has 2 rings (SSSR count). The topological polar surface area (TPSA) is 95.3 Å². The molecule has 0 bridgehead atoms. The molecule has 0 saturated heterocycles. The summed E-state index contributed by atoms with van der Waals surface area (Å²) in [5, 5.41) is 18.3. The molecule has 0 aromatic carbocycles. The Morgan fingerprint density at radius 2 is 2.12 bits per heavy atom. The minimum absolute atomic E-state index is 0.0108. The molecule has 3 atom stereocenters. The van der Waals surface area contributed by atoms with Crippen LogP contribution >= 0.6 is 22.6 Å².